The summed E-state index contributed by atoms with van der Waals surface area (Å²) < 4.78 is 1.60. The van der Waals surface area contributed by atoms with E-state index in [1.807, 2.05) is 19.9 Å². The molecule has 6 heteroatoms. The number of aryl methyl sites for hydroxylation is 2. The minimum Gasteiger partial charge on any atom is -0.391 e. The van der Waals surface area contributed by atoms with Crippen LogP contribution in [0.5, 0.6) is 0 Å². The van der Waals surface area contributed by atoms with Crippen LogP contribution in [0.1, 0.15) is 41.5 Å². The zero-order valence-electron chi connectivity index (χ0n) is 10.9. The summed E-state index contributed by atoms with van der Waals surface area (Å²) in [6, 6.07) is 1.84. The Kier molecular flexibility index (Phi) is 3.03. The van der Waals surface area contributed by atoms with Crippen molar-refractivity contribution >= 4 is 11.6 Å². The normalized spacial score (nSPS) is 14.9. The average Bonchev–Trinajstić information content (AvgIpc) is 3.12. The number of hydrogen-bond donors (Lipinski definition) is 1. The zero-order chi connectivity index (χ0) is 13.6. The first-order valence-corrected chi connectivity index (χ1v) is 6.68. The zero-order valence-corrected chi connectivity index (χ0v) is 11.6. The van der Waals surface area contributed by atoms with Crippen molar-refractivity contribution in [1.29, 1.82) is 0 Å². The first-order chi connectivity index (χ1) is 9.10. The molecule has 1 aliphatic rings. The third-order valence-electron chi connectivity index (χ3n) is 3.24. The Hall–Kier alpha value is -1.46. The lowest BCUT2D eigenvalue weighted by molar-refractivity contribution is 0.280. The summed E-state index contributed by atoms with van der Waals surface area (Å²) in [7, 11) is 0. The van der Waals surface area contributed by atoms with Crippen LogP contribution in [0.2, 0.25) is 5.15 Å². The summed E-state index contributed by atoms with van der Waals surface area (Å²) in [6.07, 6.45) is 2.23. The molecule has 0 bridgehead atoms. The second-order valence-corrected chi connectivity index (χ2v) is 5.27. The van der Waals surface area contributed by atoms with Crippen LogP contribution in [0.4, 0.5) is 0 Å². The molecule has 100 valence electrons. The maximum atomic E-state index is 9.47. The molecule has 1 aliphatic carbocycles. The van der Waals surface area contributed by atoms with Crippen molar-refractivity contribution < 1.29 is 5.11 Å². The Morgan fingerprint density at radius 1 is 1.37 bits per heavy atom. The number of hydrogen-bond acceptors (Lipinski definition) is 4. The maximum Gasteiger partial charge on any atom is 0.159 e. The molecule has 0 spiro atoms. The van der Waals surface area contributed by atoms with E-state index >= 15 is 0 Å². The molecule has 0 aromatic carbocycles. The largest absolute Gasteiger partial charge is 0.391 e. The topological polar surface area (TPSA) is 63.8 Å². The van der Waals surface area contributed by atoms with Gasteiger partial charge in [-0.1, -0.05) is 11.6 Å². The van der Waals surface area contributed by atoms with Gasteiger partial charge in [0, 0.05) is 23.2 Å². The third-order valence-corrected chi connectivity index (χ3v) is 3.63. The first kappa shape index (κ1) is 12.6. The maximum absolute atomic E-state index is 9.47. The molecular weight excluding hydrogens is 264 g/mol. The van der Waals surface area contributed by atoms with E-state index in [2.05, 4.69) is 15.1 Å². The number of nitrogens with zero attached hydrogens (tertiary/aromatic N) is 4. The Morgan fingerprint density at radius 2 is 2.11 bits per heavy atom. The van der Waals surface area contributed by atoms with Gasteiger partial charge in [-0.15, -0.1) is 0 Å². The summed E-state index contributed by atoms with van der Waals surface area (Å²) >= 11 is 6.32. The predicted octanol–water partition coefficient (Wildman–Crippen LogP) is 2.30. The first-order valence-electron chi connectivity index (χ1n) is 6.31. The highest BCUT2D eigenvalue weighted by Gasteiger charge is 2.31. The second kappa shape index (κ2) is 4.58. The lowest BCUT2D eigenvalue weighted by atomic mass is 10.2. The molecule has 1 fully saturated rings. The van der Waals surface area contributed by atoms with E-state index in [0.717, 1.165) is 29.8 Å². The summed E-state index contributed by atoms with van der Waals surface area (Å²) in [6.45, 7) is 3.65. The molecular formula is C13H15ClN4O. The fourth-order valence-corrected chi connectivity index (χ4v) is 2.52. The van der Waals surface area contributed by atoms with Gasteiger partial charge >= 0.3 is 0 Å². The Bertz CT molecular complexity index is 614. The van der Waals surface area contributed by atoms with Crippen LogP contribution in [0, 0.1) is 13.8 Å². The standard InChI is InChI=1S/C13H15ClN4O/c1-7-5-11(16-8(2)15-7)18-13(14)10(6-19)12(17-18)9-3-4-9/h5,9,19H,3-4,6H2,1-2H3. The number of aliphatic hydroxyl groups is 1. The second-order valence-electron chi connectivity index (χ2n) is 4.91. The Labute approximate surface area is 116 Å². The van der Waals surface area contributed by atoms with Gasteiger partial charge in [0.05, 0.1) is 12.3 Å². The average molecular weight is 279 g/mol. The van der Waals surface area contributed by atoms with Crippen molar-refractivity contribution in [3.8, 4) is 5.82 Å². The van der Waals surface area contributed by atoms with Crippen LogP contribution in [-0.2, 0) is 6.61 Å². The molecule has 0 atom stereocenters. The van der Waals surface area contributed by atoms with E-state index in [0.29, 0.717) is 22.7 Å². The van der Waals surface area contributed by atoms with Crippen molar-refractivity contribution in [3.63, 3.8) is 0 Å². The number of aliphatic hydroxyl groups excluding tert-OH is 1. The van der Waals surface area contributed by atoms with Gasteiger partial charge in [-0.05, 0) is 26.7 Å². The molecule has 3 rings (SSSR count). The van der Waals surface area contributed by atoms with E-state index in [4.69, 9.17) is 11.6 Å². The van der Waals surface area contributed by atoms with Gasteiger partial charge in [0.25, 0.3) is 0 Å². The van der Waals surface area contributed by atoms with E-state index in [9.17, 15) is 5.11 Å². The van der Waals surface area contributed by atoms with E-state index in [-0.39, 0.29) is 6.61 Å². The third kappa shape index (κ3) is 2.24. The number of rotatable bonds is 3. The van der Waals surface area contributed by atoms with E-state index in [1.54, 1.807) is 4.68 Å². The van der Waals surface area contributed by atoms with E-state index < -0.39 is 0 Å². The molecule has 0 amide bonds. The molecule has 1 saturated carbocycles. The minimum atomic E-state index is -0.0896. The highest BCUT2D eigenvalue weighted by molar-refractivity contribution is 6.30. The van der Waals surface area contributed by atoms with Crippen molar-refractivity contribution in [2.45, 2.75) is 39.2 Å². The monoisotopic (exact) mass is 278 g/mol. The van der Waals surface area contributed by atoms with Crippen molar-refractivity contribution in [2.75, 3.05) is 0 Å². The van der Waals surface area contributed by atoms with Crippen LogP contribution < -0.4 is 0 Å². The summed E-state index contributed by atoms with van der Waals surface area (Å²) in [4.78, 5) is 8.60. The molecule has 19 heavy (non-hydrogen) atoms. The Balaban J connectivity index is 2.14. The van der Waals surface area contributed by atoms with E-state index in [1.165, 1.54) is 0 Å². The van der Waals surface area contributed by atoms with Gasteiger partial charge in [0.2, 0.25) is 0 Å². The van der Waals surface area contributed by atoms with Gasteiger partial charge in [-0.2, -0.15) is 5.10 Å². The molecule has 0 saturated heterocycles. The highest BCUT2D eigenvalue weighted by atomic mass is 35.5. The molecule has 2 heterocycles. The van der Waals surface area contributed by atoms with Crippen molar-refractivity contribution in [3.05, 3.63) is 34.0 Å². The van der Waals surface area contributed by atoms with Gasteiger partial charge in [-0.3, -0.25) is 0 Å². The summed E-state index contributed by atoms with van der Waals surface area (Å²) in [5.41, 5.74) is 2.49. The lowest BCUT2D eigenvalue weighted by Gasteiger charge is -2.04. The van der Waals surface area contributed by atoms with Gasteiger partial charge in [0.1, 0.15) is 11.0 Å². The molecule has 2 aromatic heterocycles. The van der Waals surface area contributed by atoms with Crippen LogP contribution in [0.25, 0.3) is 5.82 Å². The molecule has 5 nitrogen and oxygen atoms in total. The predicted molar refractivity (Wildman–Crippen MR) is 71.5 cm³/mol. The molecule has 0 radical (unpaired) electrons. The quantitative estimate of drug-likeness (QED) is 0.936. The fraction of sp³-hybridized carbons (Fsp3) is 0.462. The number of aromatic nitrogens is 4. The minimum absolute atomic E-state index is 0.0896. The molecule has 1 N–H and O–H groups in total. The van der Waals surface area contributed by atoms with Gasteiger partial charge < -0.3 is 5.11 Å². The van der Waals surface area contributed by atoms with Crippen molar-refractivity contribution in [2.24, 2.45) is 0 Å². The van der Waals surface area contributed by atoms with Crippen LogP contribution in [0.3, 0.4) is 0 Å². The molecule has 0 unspecified atom stereocenters. The summed E-state index contributed by atoms with van der Waals surface area (Å²) in [5.74, 6) is 1.77. The summed E-state index contributed by atoms with van der Waals surface area (Å²) in [5, 5.41) is 14.5. The van der Waals surface area contributed by atoms with Gasteiger partial charge in [-0.25, -0.2) is 14.6 Å². The van der Waals surface area contributed by atoms with Gasteiger partial charge in [0.15, 0.2) is 5.82 Å². The van der Waals surface area contributed by atoms with Crippen LogP contribution >= 0.6 is 11.6 Å². The van der Waals surface area contributed by atoms with Crippen LogP contribution in [0.15, 0.2) is 6.07 Å². The van der Waals surface area contributed by atoms with Crippen molar-refractivity contribution in [1.82, 2.24) is 19.7 Å². The smallest absolute Gasteiger partial charge is 0.159 e. The number of halogens is 1. The fourth-order valence-electron chi connectivity index (χ4n) is 2.23. The highest BCUT2D eigenvalue weighted by Crippen LogP contribution is 2.42. The Morgan fingerprint density at radius 3 is 2.68 bits per heavy atom. The molecule has 2 aromatic rings. The lowest BCUT2D eigenvalue weighted by Crippen LogP contribution is -2.04. The molecule has 0 aliphatic heterocycles. The SMILES string of the molecule is Cc1cc(-n2nc(C3CC3)c(CO)c2Cl)nc(C)n1. The van der Waals surface area contributed by atoms with Crippen LogP contribution in [-0.4, -0.2) is 24.9 Å².